The molecule has 156 valence electrons. The summed E-state index contributed by atoms with van der Waals surface area (Å²) in [5, 5.41) is 0. The molecule has 0 spiro atoms. The molecule has 2 aliphatic heterocycles. The summed E-state index contributed by atoms with van der Waals surface area (Å²) < 4.78 is 14.9. The van der Waals surface area contributed by atoms with Crippen molar-refractivity contribution in [2.75, 3.05) is 26.2 Å². The summed E-state index contributed by atoms with van der Waals surface area (Å²) in [6.45, 7) is 3.36. The van der Waals surface area contributed by atoms with E-state index in [1.807, 2.05) is 33.7 Å². The van der Waals surface area contributed by atoms with Crippen LogP contribution < -0.4 is 5.69 Å². The van der Waals surface area contributed by atoms with Gasteiger partial charge in [-0.2, -0.15) is 0 Å². The molecule has 2 aliphatic rings. The standard InChI is InChI=1S/C23H25FN4O2/c24-17-7-5-16(6-8-17)13-22(29)27-14-19(15-27)26-11-9-18(10-12-26)28-21-4-2-1-3-20(21)25-23(28)30/h1-8,18-19H,9-15H2,(H,25,30). The van der Waals surface area contributed by atoms with Crippen LogP contribution in [0.2, 0.25) is 0 Å². The van der Waals surface area contributed by atoms with E-state index in [-0.39, 0.29) is 23.5 Å². The number of likely N-dealkylation sites (tertiary alicyclic amines) is 2. The molecule has 5 rings (SSSR count). The predicted octanol–water partition coefficient (Wildman–Crippen LogP) is 2.56. The van der Waals surface area contributed by atoms with Crippen molar-refractivity contribution < 1.29 is 9.18 Å². The van der Waals surface area contributed by atoms with Crippen LogP contribution in [0.4, 0.5) is 4.39 Å². The topological polar surface area (TPSA) is 61.3 Å². The number of nitrogens with zero attached hydrogens (tertiary/aromatic N) is 3. The summed E-state index contributed by atoms with van der Waals surface area (Å²) in [4.78, 5) is 32.2. The number of aromatic nitrogens is 2. The van der Waals surface area contributed by atoms with Crippen LogP contribution >= 0.6 is 0 Å². The van der Waals surface area contributed by atoms with Gasteiger partial charge in [-0.25, -0.2) is 9.18 Å². The molecule has 0 unspecified atom stereocenters. The average molecular weight is 408 g/mol. The lowest BCUT2D eigenvalue weighted by atomic mass is 9.98. The van der Waals surface area contributed by atoms with Gasteiger partial charge in [0.25, 0.3) is 0 Å². The lowest BCUT2D eigenvalue weighted by molar-refractivity contribution is -0.138. The first-order chi connectivity index (χ1) is 14.6. The first-order valence-electron chi connectivity index (χ1n) is 10.5. The van der Waals surface area contributed by atoms with Crippen molar-refractivity contribution in [3.05, 3.63) is 70.4 Å². The first-order valence-corrected chi connectivity index (χ1v) is 10.5. The number of halogens is 1. The van der Waals surface area contributed by atoms with Crippen LogP contribution in [0.5, 0.6) is 0 Å². The number of imidazole rings is 1. The zero-order valence-corrected chi connectivity index (χ0v) is 16.8. The van der Waals surface area contributed by atoms with Gasteiger partial charge in [-0.15, -0.1) is 0 Å². The van der Waals surface area contributed by atoms with Gasteiger partial charge < -0.3 is 9.88 Å². The summed E-state index contributed by atoms with van der Waals surface area (Å²) in [5.41, 5.74) is 2.67. The molecule has 3 heterocycles. The molecule has 0 radical (unpaired) electrons. The Kier molecular flexibility index (Phi) is 4.90. The molecule has 7 heteroatoms. The van der Waals surface area contributed by atoms with E-state index >= 15 is 0 Å². The Balaban J connectivity index is 1.15. The number of fused-ring (bicyclic) bond motifs is 1. The number of carbonyl (C=O) groups excluding carboxylic acids is 1. The predicted molar refractivity (Wildman–Crippen MR) is 113 cm³/mol. The highest BCUT2D eigenvalue weighted by Crippen LogP contribution is 2.28. The molecule has 0 saturated carbocycles. The molecule has 3 aromatic rings. The molecule has 2 saturated heterocycles. The van der Waals surface area contributed by atoms with Gasteiger partial charge in [-0.3, -0.25) is 14.3 Å². The van der Waals surface area contributed by atoms with E-state index in [9.17, 15) is 14.0 Å². The Morgan fingerprint density at radius 1 is 1.00 bits per heavy atom. The zero-order valence-electron chi connectivity index (χ0n) is 16.8. The van der Waals surface area contributed by atoms with E-state index in [4.69, 9.17) is 0 Å². The molecule has 1 amide bonds. The molecular weight excluding hydrogens is 383 g/mol. The highest BCUT2D eigenvalue weighted by Gasteiger charge is 2.36. The van der Waals surface area contributed by atoms with Crippen LogP contribution in [0, 0.1) is 5.82 Å². The van der Waals surface area contributed by atoms with Crippen LogP contribution in [-0.2, 0) is 11.2 Å². The van der Waals surface area contributed by atoms with Crippen LogP contribution in [0.15, 0.2) is 53.3 Å². The molecule has 2 aromatic carbocycles. The molecule has 0 atom stereocenters. The van der Waals surface area contributed by atoms with Gasteiger partial charge in [-0.1, -0.05) is 24.3 Å². The van der Waals surface area contributed by atoms with E-state index < -0.39 is 0 Å². The summed E-state index contributed by atoms with van der Waals surface area (Å²) in [6, 6.07) is 14.6. The van der Waals surface area contributed by atoms with Gasteiger partial charge >= 0.3 is 5.69 Å². The Labute approximate surface area is 173 Å². The van der Waals surface area contributed by atoms with Gasteiger partial charge in [0, 0.05) is 38.3 Å². The number of para-hydroxylation sites is 2. The van der Waals surface area contributed by atoms with Gasteiger partial charge in [0.2, 0.25) is 5.91 Å². The smallest absolute Gasteiger partial charge is 0.326 e. The molecule has 2 fully saturated rings. The van der Waals surface area contributed by atoms with Gasteiger partial charge in [0.15, 0.2) is 0 Å². The maximum atomic E-state index is 13.0. The Morgan fingerprint density at radius 2 is 1.70 bits per heavy atom. The molecule has 1 N–H and O–H groups in total. The number of hydrogen-bond donors (Lipinski definition) is 1. The minimum absolute atomic E-state index is 0.0316. The number of nitrogens with one attached hydrogen (secondary N) is 1. The zero-order chi connectivity index (χ0) is 20.7. The number of hydrogen-bond acceptors (Lipinski definition) is 3. The molecule has 1 aromatic heterocycles. The number of aromatic amines is 1. The van der Waals surface area contributed by atoms with E-state index in [0.717, 1.165) is 55.6 Å². The number of piperidine rings is 1. The first kappa shape index (κ1) is 19.1. The molecule has 0 bridgehead atoms. The lowest BCUT2D eigenvalue weighted by Gasteiger charge is -2.47. The van der Waals surface area contributed by atoms with Crippen molar-refractivity contribution >= 4 is 16.9 Å². The highest BCUT2D eigenvalue weighted by atomic mass is 19.1. The minimum Gasteiger partial charge on any atom is -0.339 e. The van der Waals surface area contributed by atoms with E-state index in [1.165, 1.54) is 12.1 Å². The Bertz CT molecular complexity index is 1110. The van der Waals surface area contributed by atoms with E-state index in [2.05, 4.69) is 9.88 Å². The second-order valence-corrected chi connectivity index (χ2v) is 8.34. The largest absolute Gasteiger partial charge is 0.339 e. The Morgan fingerprint density at radius 3 is 2.43 bits per heavy atom. The summed E-state index contributed by atoms with van der Waals surface area (Å²) in [7, 11) is 0. The van der Waals surface area contributed by atoms with Crippen molar-refractivity contribution in [3.63, 3.8) is 0 Å². The second-order valence-electron chi connectivity index (χ2n) is 8.34. The maximum absolute atomic E-state index is 13.0. The quantitative estimate of drug-likeness (QED) is 0.722. The van der Waals surface area contributed by atoms with Gasteiger partial charge in [0.1, 0.15) is 5.82 Å². The summed E-state index contributed by atoms with van der Waals surface area (Å²) in [5.74, 6) is -0.188. The molecule has 30 heavy (non-hydrogen) atoms. The Hall–Kier alpha value is -2.93. The SMILES string of the molecule is O=C(Cc1ccc(F)cc1)N1CC(N2CCC(n3c(=O)[nH]c4ccccc43)CC2)C1. The number of carbonyl (C=O) groups is 1. The van der Waals surface area contributed by atoms with E-state index in [1.54, 1.807) is 12.1 Å². The van der Waals surface area contributed by atoms with Crippen molar-refractivity contribution in [1.29, 1.82) is 0 Å². The maximum Gasteiger partial charge on any atom is 0.326 e. The van der Waals surface area contributed by atoms with Crippen LogP contribution in [-0.4, -0.2) is 57.5 Å². The fourth-order valence-corrected chi connectivity index (χ4v) is 4.72. The number of benzene rings is 2. The number of rotatable bonds is 4. The molecule has 0 aliphatic carbocycles. The minimum atomic E-state index is -0.284. The van der Waals surface area contributed by atoms with Gasteiger partial charge in [-0.05, 0) is 42.7 Å². The fraction of sp³-hybridized carbons (Fsp3) is 0.391. The van der Waals surface area contributed by atoms with Crippen LogP contribution in [0.25, 0.3) is 11.0 Å². The van der Waals surface area contributed by atoms with Crippen molar-refractivity contribution in [2.24, 2.45) is 0 Å². The third-order valence-corrected chi connectivity index (χ3v) is 6.49. The normalized spacial score (nSPS) is 18.6. The third kappa shape index (κ3) is 3.54. The molecule has 6 nitrogen and oxygen atoms in total. The second kappa shape index (κ2) is 7.72. The molecular formula is C23H25FN4O2. The number of H-pyrrole nitrogens is 1. The summed E-state index contributed by atoms with van der Waals surface area (Å²) in [6.07, 6.45) is 2.18. The highest BCUT2D eigenvalue weighted by molar-refractivity contribution is 5.79. The van der Waals surface area contributed by atoms with Crippen molar-refractivity contribution in [3.8, 4) is 0 Å². The monoisotopic (exact) mass is 408 g/mol. The van der Waals surface area contributed by atoms with Crippen LogP contribution in [0.3, 0.4) is 0 Å². The van der Waals surface area contributed by atoms with Crippen molar-refractivity contribution in [1.82, 2.24) is 19.4 Å². The van der Waals surface area contributed by atoms with Gasteiger partial charge in [0.05, 0.1) is 17.5 Å². The average Bonchev–Trinajstić information content (AvgIpc) is 3.05. The summed E-state index contributed by atoms with van der Waals surface area (Å²) >= 11 is 0. The lowest BCUT2D eigenvalue weighted by Crippen LogP contribution is -2.62. The van der Waals surface area contributed by atoms with E-state index in [0.29, 0.717) is 12.5 Å². The van der Waals surface area contributed by atoms with Crippen LogP contribution in [0.1, 0.15) is 24.4 Å². The fourth-order valence-electron chi connectivity index (χ4n) is 4.72. The number of amides is 1. The van der Waals surface area contributed by atoms with Crippen molar-refractivity contribution in [2.45, 2.75) is 31.3 Å². The third-order valence-electron chi connectivity index (χ3n) is 6.49.